The number of amides is 1. The predicted octanol–water partition coefficient (Wildman–Crippen LogP) is 12.9. The van der Waals surface area contributed by atoms with E-state index >= 15 is 0 Å². The highest BCUT2D eigenvalue weighted by Crippen LogP contribution is 2.15. The van der Waals surface area contributed by atoms with Crippen LogP contribution < -0.4 is 5.32 Å². The number of aliphatic hydroxyl groups excluding tert-OH is 1. The minimum atomic E-state index is -4.36. The fourth-order valence-electron chi connectivity index (χ4n) is 6.54. The molecule has 0 bridgehead atoms. The third-order valence-corrected chi connectivity index (χ3v) is 10.6. The zero-order valence-corrected chi connectivity index (χ0v) is 34.3. The van der Waals surface area contributed by atoms with Gasteiger partial charge in [0.2, 0.25) is 5.91 Å². The van der Waals surface area contributed by atoms with E-state index < -0.39 is 28.0 Å². The van der Waals surface area contributed by atoms with Crippen molar-refractivity contribution in [1.29, 1.82) is 0 Å². The summed E-state index contributed by atoms with van der Waals surface area (Å²) < 4.78 is 32.5. The van der Waals surface area contributed by atoms with Gasteiger partial charge in [-0.3, -0.25) is 9.35 Å². The smallest absolute Gasteiger partial charge is 0.267 e. The second-order valence-electron chi connectivity index (χ2n) is 15.0. The number of hydrogen-bond acceptors (Lipinski definition) is 4. The van der Waals surface area contributed by atoms with Crippen LogP contribution in [0.4, 0.5) is 0 Å². The van der Waals surface area contributed by atoms with E-state index in [0.29, 0.717) is 6.42 Å². The monoisotopic (exact) mass is 738 g/mol. The van der Waals surface area contributed by atoms with E-state index in [-0.39, 0.29) is 12.3 Å². The summed E-state index contributed by atoms with van der Waals surface area (Å²) in [6.07, 6.45) is 49.9. The molecule has 0 aliphatic heterocycles. The second kappa shape index (κ2) is 38.3. The lowest BCUT2D eigenvalue weighted by Gasteiger charge is -2.21. The molecular formula is C44H83NO5S. The highest BCUT2D eigenvalue weighted by Gasteiger charge is 2.24. The quantitative estimate of drug-likeness (QED) is 0.0331. The SMILES string of the molecule is CCCCCCCCCC/C=C/CC/C=C/CC/C=C/C(O)C(CS(=O)(=O)O)NC(=O)CCCCCCCCCCCCCCCCCCCC. The van der Waals surface area contributed by atoms with Crippen molar-refractivity contribution >= 4 is 16.0 Å². The topological polar surface area (TPSA) is 104 Å². The van der Waals surface area contributed by atoms with Gasteiger partial charge < -0.3 is 10.4 Å². The molecule has 0 heterocycles. The van der Waals surface area contributed by atoms with Crippen LogP contribution in [0.25, 0.3) is 0 Å². The zero-order chi connectivity index (χ0) is 37.5. The predicted molar refractivity (Wildman–Crippen MR) is 221 cm³/mol. The van der Waals surface area contributed by atoms with Crippen molar-refractivity contribution < 1.29 is 22.9 Å². The van der Waals surface area contributed by atoms with Crippen LogP contribution in [0.5, 0.6) is 0 Å². The third-order valence-electron chi connectivity index (χ3n) is 9.80. The average molecular weight is 738 g/mol. The molecule has 0 saturated heterocycles. The number of rotatable bonds is 39. The Bertz CT molecular complexity index is 945. The van der Waals surface area contributed by atoms with Crippen molar-refractivity contribution in [2.24, 2.45) is 0 Å². The van der Waals surface area contributed by atoms with Crippen molar-refractivity contribution in [1.82, 2.24) is 5.32 Å². The summed E-state index contributed by atoms with van der Waals surface area (Å²) in [5, 5.41) is 13.2. The number of unbranched alkanes of at least 4 members (excludes halogenated alkanes) is 27. The molecule has 0 aromatic carbocycles. The molecule has 0 fully saturated rings. The number of carbonyl (C=O) groups excluding carboxylic acids is 1. The number of allylic oxidation sites excluding steroid dienone is 5. The molecule has 1 amide bonds. The molecule has 51 heavy (non-hydrogen) atoms. The number of hydrogen-bond donors (Lipinski definition) is 3. The molecule has 0 spiro atoms. The van der Waals surface area contributed by atoms with Crippen LogP contribution >= 0.6 is 0 Å². The van der Waals surface area contributed by atoms with Gasteiger partial charge in [0.05, 0.1) is 17.9 Å². The Kier molecular flexibility index (Phi) is 37.2. The summed E-state index contributed by atoms with van der Waals surface area (Å²) in [5.41, 5.74) is 0. The van der Waals surface area contributed by atoms with Crippen molar-refractivity contribution in [3.05, 3.63) is 36.5 Å². The fraction of sp³-hybridized carbons (Fsp3) is 0.841. The lowest BCUT2D eigenvalue weighted by molar-refractivity contribution is -0.122. The second-order valence-corrected chi connectivity index (χ2v) is 16.5. The van der Waals surface area contributed by atoms with E-state index in [4.69, 9.17) is 0 Å². The van der Waals surface area contributed by atoms with Crippen LogP contribution in [0.1, 0.15) is 219 Å². The van der Waals surface area contributed by atoms with Gasteiger partial charge in [-0.25, -0.2) is 0 Å². The Hall–Kier alpha value is -1.44. The van der Waals surface area contributed by atoms with Gasteiger partial charge in [-0.05, 0) is 44.9 Å². The Morgan fingerprint density at radius 3 is 1.24 bits per heavy atom. The maximum atomic E-state index is 12.5. The van der Waals surface area contributed by atoms with Gasteiger partial charge in [-0.1, -0.05) is 204 Å². The Balaban J connectivity index is 3.94. The van der Waals surface area contributed by atoms with Gasteiger partial charge in [0.1, 0.15) is 0 Å². The maximum absolute atomic E-state index is 12.5. The minimum absolute atomic E-state index is 0.288. The first-order chi connectivity index (χ1) is 24.8. The minimum Gasteiger partial charge on any atom is -0.387 e. The van der Waals surface area contributed by atoms with E-state index in [1.807, 2.05) is 0 Å². The molecular weight excluding hydrogens is 655 g/mol. The van der Waals surface area contributed by atoms with Crippen LogP contribution in [0.3, 0.4) is 0 Å². The molecule has 2 unspecified atom stereocenters. The molecule has 7 heteroatoms. The maximum Gasteiger partial charge on any atom is 0.267 e. The van der Waals surface area contributed by atoms with E-state index in [1.165, 1.54) is 160 Å². The lowest BCUT2D eigenvalue weighted by atomic mass is 10.0. The van der Waals surface area contributed by atoms with Crippen LogP contribution in [-0.4, -0.2) is 41.9 Å². The van der Waals surface area contributed by atoms with Gasteiger partial charge in [0.25, 0.3) is 10.1 Å². The zero-order valence-electron chi connectivity index (χ0n) is 33.5. The molecule has 0 saturated carbocycles. The van der Waals surface area contributed by atoms with Crippen LogP contribution in [0, 0.1) is 0 Å². The Morgan fingerprint density at radius 1 is 0.510 bits per heavy atom. The highest BCUT2D eigenvalue weighted by molar-refractivity contribution is 7.85. The van der Waals surface area contributed by atoms with E-state index in [2.05, 4.69) is 43.5 Å². The first kappa shape index (κ1) is 49.6. The standard InChI is InChI=1S/C44H83NO5S/c1-3-5-7-9-11-13-15-17-19-21-23-25-27-29-31-33-35-37-39-43(46)42(41-51(48,49)50)45-44(47)40-38-36-34-32-30-28-26-24-22-20-18-16-14-12-10-8-6-4-2/h21,23,29,31,37,39,42-43,46H,3-20,22,24-28,30,32-36,38,40-41H2,1-2H3,(H,45,47)(H,48,49,50)/b23-21+,31-29+,39-37+. The summed E-state index contributed by atoms with van der Waals surface area (Å²) >= 11 is 0. The molecule has 0 rings (SSSR count). The first-order valence-corrected chi connectivity index (χ1v) is 23.3. The summed E-state index contributed by atoms with van der Waals surface area (Å²) in [7, 11) is -4.36. The summed E-state index contributed by atoms with van der Waals surface area (Å²) in [4.78, 5) is 12.5. The van der Waals surface area contributed by atoms with Crippen LogP contribution in [0.2, 0.25) is 0 Å². The summed E-state index contributed by atoms with van der Waals surface area (Å²) in [5.74, 6) is -1.00. The van der Waals surface area contributed by atoms with Crippen molar-refractivity contribution in [2.75, 3.05) is 5.75 Å². The molecule has 6 nitrogen and oxygen atoms in total. The van der Waals surface area contributed by atoms with Gasteiger partial charge in [-0.15, -0.1) is 0 Å². The molecule has 2 atom stereocenters. The van der Waals surface area contributed by atoms with Gasteiger partial charge in [-0.2, -0.15) is 8.42 Å². The summed E-state index contributed by atoms with van der Waals surface area (Å²) in [6.45, 7) is 4.53. The Morgan fingerprint density at radius 2 is 0.843 bits per heavy atom. The van der Waals surface area contributed by atoms with E-state index in [9.17, 15) is 22.9 Å². The molecule has 300 valence electrons. The Labute approximate surface area is 316 Å². The van der Waals surface area contributed by atoms with Crippen molar-refractivity contribution in [2.45, 2.75) is 231 Å². The third kappa shape index (κ3) is 39.6. The van der Waals surface area contributed by atoms with Crippen LogP contribution in [0.15, 0.2) is 36.5 Å². The molecule has 3 N–H and O–H groups in total. The van der Waals surface area contributed by atoms with Crippen molar-refractivity contribution in [3.63, 3.8) is 0 Å². The van der Waals surface area contributed by atoms with Gasteiger partial charge in [0, 0.05) is 6.42 Å². The molecule has 0 radical (unpaired) electrons. The number of carbonyl (C=O) groups is 1. The molecule has 0 aromatic heterocycles. The molecule has 0 aromatic rings. The van der Waals surface area contributed by atoms with E-state index in [1.54, 1.807) is 6.08 Å². The first-order valence-electron chi connectivity index (χ1n) is 21.7. The number of nitrogens with one attached hydrogen (secondary N) is 1. The van der Waals surface area contributed by atoms with Crippen molar-refractivity contribution in [3.8, 4) is 0 Å². The molecule has 0 aliphatic rings. The normalized spacial score (nSPS) is 13.6. The summed E-state index contributed by atoms with van der Waals surface area (Å²) in [6, 6.07) is -1.08. The van der Waals surface area contributed by atoms with Crippen LogP contribution in [-0.2, 0) is 14.9 Å². The average Bonchev–Trinajstić information content (AvgIpc) is 3.09. The fourth-order valence-corrected chi connectivity index (χ4v) is 7.28. The lowest BCUT2D eigenvalue weighted by Crippen LogP contribution is -2.46. The van der Waals surface area contributed by atoms with Gasteiger partial charge >= 0.3 is 0 Å². The largest absolute Gasteiger partial charge is 0.387 e. The number of aliphatic hydroxyl groups is 1. The van der Waals surface area contributed by atoms with E-state index in [0.717, 1.165) is 38.5 Å². The molecule has 0 aliphatic carbocycles. The van der Waals surface area contributed by atoms with Gasteiger partial charge in [0.15, 0.2) is 0 Å². The highest BCUT2D eigenvalue weighted by atomic mass is 32.2.